The molecule has 0 radical (unpaired) electrons. The molecule has 1 N–H and O–H groups in total. The topological polar surface area (TPSA) is 79.9 Å². The number of likely N-dealkylation sites (tertiary alicyclic amines) is 1. The first-order chi connectivity index (χ1) is 12.5. The maximum absolute atomic E-state index is 12.8. The first kappa shape index (κ1) is 16.8. The summed E-state index contributed by atoms with van der Waals surface area (Å²) >= 11 is 1.54. The third-order valence-electron chi connectivity index (χ3n) is 4.66. The molecule has 2 amide bonds. The van der Waals surface area contributed by atoms with E-state index in [1.807, 2.05) is 41.2 Å². The van der Waals surface area contributed by atoms with Crippen LogP contribution in [0.1, 0.15) is 30.1 Å². The third-order valence-corrected chi connectivity index (χ3v) is 5.43. The lowest BCUT2D eigenvalue weighted by Gasteiger charge is -2.16. The Morgan fingerprint density at radius 3 is 2.92 bits per heavy atom. The predicted octanol–water partition coefficient (Wildman–Crippen LogP) is 1.97. The number of fused-ring (bicyclic) bond motifs is 1. The van der Waals surface area contributed by atoms with E-state index < -0.39 is 0 Å². The van der Waals surface area contributed by atoms with Crippen molar-refractivity contribution in [3.05, 3.63) is 47.1 Å². The van der Waals surface area contributed by atoms with Crippen molar-refractivity contribution in [1.29, 1.82) is 0 Å². The largest absolute Gasteiger partial charge is 0.466 e. The van der Waals surface area contributed by atoms with Crippen LogP contribution in [0.3, 0.4) is 0 Å². The molecule has 3 aromatic rings. The molecule has 4 rings (SSSR count). The van der Waals surface area contributed by atoms with Gasteiger partial charge in [0.1, 0.15) is 11.5 Å². The number of amides is 2. The second-order valence-electron chi connectivity index (χ2n) is 6.66. The molecule has 1 fully saturated rings. The highest BCUT2D eigenvalue weighted by Gasteiger charge is 2.38. The smallest absolute Gasteiger partial charge is 0.228 e. The fourth-order valence-electron chi connectivity index (χ4n) is 3.48. The number of carbonyl (C=O) groups excluding carboxylic acids is 2. The number of nitrogens with zero attached hydrogens (tertiary/aromatic N) is 3. The Hall–Kier alpha value is -2.61. The van der Waals surface area contributed by atoms with Crippen LogP contribution in [0.15, 0.2) is 34.3 Å². The van der Waals surface area contributed by atoms with Crippen molar-refractivity contribution in [3.8, 4) is 0 Å². The van der Waals surface area contributed by atoms with Gasteiger partial charge in [-0.2, -0.15) is 0 Å². The first-order valence-corrected chi connectivity index (χ1v) is 9.40. The Bertz CT molecular complexity index is 928. The molecule has 7 nitrogen and oxygen atoms in total. The van der Waals surface area contributed by atoms with Gasteiger partial charge >= 0.3 is 0 Å². The summed E-state index contributed by atoms with van der Waals surface area (Å²) in [5.41, 5.74) is 0.759. The molecule has 4 heterocycles. The fraction of sp³-hybridized carbons (Fsp3) is 0.389. The minimum Gasteiger partial charge on any atom is -0.466 e. The fourth-order valence-corrected chi connectivity index (χ4v) is 4.20. The molecule has 0 unspecified atom stereocenters. The molecule has 3 aromatic heterocycles. The molecule has 0 aromatic carbocycles. The van der Waals surface area contributed by atoms with Crippen LogP contribution in [0.25, 0.3) is 4.96 Å². The Labute approximate surface area is 154 Å². The summed E-state index contributed by atoms with van der Waals surface area (Å²) in [6.07, 6.45) is 4.07. The average Bonchev–Trinajstić information content (AvgIpc) is 3.30. The quantitative estimate of drug-likeness (QED) is 0.759. The standard InChI is InChI=1S/C18H20N4O3S/c1-11-3-4-16(25-11)14-9-22(10-15(14)19-12(2)23)17(24)7-13-8-21-5-6-26-18(21)20-13/h3-6,8,14-15H,7,9-10H2,1-2H3,(H,19,23)/t14-,15-/m1/s1. The molecule has 136 valence electrons. The molecule has 0 spiro atoms. The predicted molar refractivity (Wildman–Crippen MR) is 97.1 cm³/mol. The number of hydrogen-bond donors (Lipinski definition) is 1. The molecular weight excluding hydrogens is 352 g/mol. The van der Waals surface area contributed by atoms with E-state index in [0.717, 1.165) is 22.2 Å². The second kappa shape index (κ2) is 6.60. The van der Waals surface area contributed by atoms with E-state index >= 15 is 0 Å². The Balaban J connectivity index is 1.49. The lowest BCUT2D eigenvalue weighted by molar-refractivity contribution is -0.129. The normalized spacial score (nSPS) is 20.0. The summed E-state index contributed by atoms with van der Waals surface area (Å²) in [5, 5.41) is 4.92. The van der Waals surface area contributed by atoms with Crippen molar-refractivity contribution in [2.24, 2.45) is 0 Å². The van der Waals surface area contributed by atoms with Crippen LogP contribution < -0.4 is 5.32 Å². The van der Waals surface area contributed by atoms with Gasteiger partial charge in [0.25, 0.3) is 0 Å². The van der Waals surface area contributed by atoms with Gasteiger partial charge in [0.15, 0.2) is 4.96 Å². The van der Waals surface area contributed by atoms with Crippen LogP contribution in [-0.2, 0) is 16.0 Å². The average molecular weight is 372 g/mol. The molecule has 0 saturated carbocycles. The van der Waals surface area contributed by atoms with Crippen molar-refractivity contribution < 1.29 is 14.0 Å². The van der Waals surface area contributed by atoms with Gasteiger partial charge in [-0.1, -0.05) is 0 Å². The van der Waals surface area contributed by atoms with Crippen molar-refractivity contribution >= 4 is 28.1 Å². The van der Waals surface area contributed by atoms with Crippen molar-refractivity contribution in [3.63, 3.8) is 0 Å². The van der Waals surface area contributed by atoms with Crippen LogP contribution >= 0.6 is 11.3 Å². The zero-order valence-corrected chi connectivity index (χ0v) is 15.5. The molecule has 26 heavy (non-hydrogen) atoms. The number of nitrogens with one attached hydrogen (secondary N) is 1. The summed E-state index contributed by atoms with van der Waals surface area (Å²) in [6, 6.07) is 3.68. The van der Waals surface area contributed by atoms with E-state index in [-0.39, 0.29) is 30.2 Å². The maximum Gasteiger partial charge on any atom is 0.228 e. The number of rotatable bonds is 4. The van der Waals surface area contributed by atoms with E-state index in [4.69, 9.17) is 4.42 Å². The molecular formula is C18H20N4O3S. The lowest BCUT2D eigenvalue weighted by Crippen LogP contribution is -2.39. The molecule has 0 bridgehead atoms. The van der Waals surface area contributed by atoms with Gasteiger partial charge in [0, 0.05) is 37.8 Å². The van der Waals surface area contributed by atoms with Gasteiger partial charge in [0.05, 0.1) is 24.1 Å². The zero-order chi connectivity index (χ0) is 18.3. The van der Waals surface area contributed by atoms with E-state index in [9.17, 15) is 9.59 Å². The third kappa shape index (κ3) is 3.24. The number of furan rings is 1. The minimum atomic E-state index is -0.146. The van der Waals surface area contributed by atoms with Crippen molar-refractivity contribution in [1.82, 2.24) is 19.6 Å². The van der Waals surface area contributed by atoms with E-state index in [1.54, 1.807) is 16.2 Å². The summed E-state index contributed by atoms with van der Waals surface area (Å²) in [4.78, 5) is 31.5. The Kier molecular flexibility index (Phi) is 4.28. The summed E-state index contributed by atoms with van der Waals surface area (Å²) < 4.78 is 7.67. The van der Waals surface area contributed by atoms with Gasteiger partial charge in [-0.15, -0.1) is 11.3 Å². The van der Waals surface area contributed by atoms with Crippen molar-refractivity contribution in [2.75, 3.05) is 13.1 Å². The van der Waals surface area contributed by atoms with E-state index in [0.29, 0.717) is 13.1 Å². The van der Waals surface area contributed by atoms with Crippen LogP contribution in [0, 0.1) is 6.92 Å². The molecule has 2 atom stereocenters. The lowest BCUT2D eigenvalue weighted by atomic mass is 10.0. The summed E-state index contributed by atoms with van der Waals surface area (Å²) in [6.45, 7) is 4.38. The maximum atomic E-state index is 12.8. The van der Waals surface area contributed by atoms with E-state index in [2.05, 4.69) is 10.3 Å². The van der Waals surface area contributed by atoms with Gasteiger partial charge in [-0.3, -0.25) is 14.0 Å². The first-order valence-electron chi connectivity index (χ1n) is 8.52. The van der Waals surface area contributed by atoms with Crippen LogP contribution in [-0.4, -0.2) is 45.2 Å². The van der Waals surface area contributed by atoms with Gasteiger partial charge in [-0.05, 0) is 19.1 Å². The highest BCUT2D eigenvalue weighted by molar-refractivity contribution is 7.15. The Morgan fingerprint density at radius 2 is 2.23 bits per heavy atom. The summed E-state index contributed by atoms with van der Waals surface area (Å²) in [7, 11) is 0. The van der Waals surface area contributed by atoms with Crippen molar-refractivity contribution in [2.45, 2.75) is 32.2 Å². The van der Waals surface area contributed by atoms with Gasteiger partial charge in [-0.25, -0.2) is 4.98 Å². The SMILES string of the molecule is CC(=O)N[C@@H]1CN(C(=O)Cc2cn3ccsc3n2)C[C@H]1c1ccc(C)o1. The molecule has 0 aliphatic carbocycles. The summed E-state index contributed by atoms with van der Waals surface area (Å²) in [5.74, 6) is 1.49. The van der Waals surface area contributed by atoms with Crippen LogP contribution in [0.5, 0.6) is 0 Å². The van der Waals surface area contributed by atoms with Gasteiger partial charge in [0.2, 0.25) is 11.8 Å². The number of thiazole rings is 1. The van der Waals surface area contributed by atoms with Crippen LogP contribution in [0.2, 0.25) is 0 Å². The number of aryl methyl sites for hydroxylation is 1. The van der Waals surface area contributed by atoms with Gasteiger partial charge < -0.3 is 14.6 Å². The highest BCUT2D eigenvalue weighted by Crippen LogP contribution is 2.29. The zero-order valence-electron chi connectivity index (χ0n) is 14.6. The molecule has 8 heteroatoms. The number of imidazole rings is 1. The number of aromatic nitrogens is 2. The highest BCUT2D eigenvalue weighted by atomic mass is 32.1. The van der Waals surface area contributed by atoms with E-state index in [1.165, 1.54) is 6.92 Å². The monoisotopic (exact) mass is 372 g/mol. The second-order valence-corrected chi connectivity index (χ2v) is 7.54. The van der Waals surface area contributed by atoms with Crippen LogP contribution in [0.4, 0.5) is 0 Å². The Morgan fingerprint density at radius 1 is 1.38 bits per heavy atom. The molecule has 1 saturated heterocycles. The minimum absolute atomic E-state index is 0.0110. The molecule has 1 aliphatic rings. The number of carbonyl (C=O) groups is 2. The number of hydrogen-bond acceptors (Lipinski definition) is 5. The molecule has 1 aliphatic heterocycles.